The first kappa shape index (κ1) is 18.4. The summed E-state index contributed by atoms with van der Waals surface area (Å²) in [5.74, 6) is 0. The van der Waals surface area contributed by atoms with Crippen LogP contribution in [-0.4, -0.2) is 9.79 Å². The lowest BCUT2D eigenvalue weighted by atomic mass is 9.98. The van der Waals surface area contributed by atoms with Gasteiger partial charge in [0.25, 0.3) is 0 Å². The Morgan fingerprint density at radius 2 is 1.23 bits per heavy atom. The minimum atomic E-state index is -4.77. The highest BCUT2D eigenvalue weighted by atomic mass is 31.2. The zero-order valence-electron chi connectivity index (χ0n) is 14.5. The standard InChI is InChI=1S/C20H20NO4P/c1-15-9-3-5-11-17(15)18-12-6-8-14-20(18)21(25-26(22,23)24)19-13-7-4-10-16(19)2/h3-14H,1-2H3,(H2,22,23,24). The summed E-state index contributed by atoms with van der Waals surface area (Å²) in [6, 6.07) is 22.5. The molecule has 0 aromatic heterocycles. The van der Waals surface area contributed by atoms with E-state index < -0.39 is 7.82 Å². The molecule has 6 heteroatoms. The summed E-state index contributed by atoms with van der Waals surface area (Å²) in [5.41, 5.74) is 4.80. The van der Waals surface area contributed by atoms with E-state index in [1.165, 1.54) is 5.06 Å². The molecule has 5 nitrogen and oxygen atoms in total. The van der Waals surface area contributed by atoms with E-state index in [9.17, 15) is 14.4 Å². The van der Waals surface area contributed by atoms with Crippen LogP contribution in [0.4, 0.5) is 11.4 Å². The first-order chi connectivity index (χ1) is 12.4. The zero-order chi connectivity index (χ0) is 18.7. The quantitative estimate of drug-likeness (QED) is 0.482. The van der Waals surface area contributed by atoms with Crippen molar-refractivity contribution in [1.82, 2.24) is 0 Å². The molecule has 0 fully saturated rings. The van der Waals surface area contributed by atoms with Crippen LogP contribution in [0, 0.1) is 13.8 Å². The maximum absolute atomic E-state index is 11.6. The van der Waals surface area contributed by atoms with Crippen LogP contribution in [0.1, 0.15) is 11.1 Å². The summed E-state index contributed by atoms with van der Waals surface area (Å²) < 4.78 is 16.7. The molecule has 0 saturated carbocycles. The number of aryl methyl sites for hydroxylation is 2. The summed E-state index contributed by atoms with van der Waals surface area (Å²) in [7, 11) is -4.77. The van der Waals surface area contributed by atoms with E-state index in [4.69, 9.17) is 4.62 Å². The molecule has 0 aliphatic rings. The fraction of sp³-hybridized carbons (Fsp3) is 0.100. The van der Waals surface area contributed by atoms with E-state index >= 15 is 0 Å². The predicted octanol–water partition coefficient (Wildman–Crippen LogP) is 5.13. The molecule has 3 aromatic rings. The fourth-order valence-corrected chi connectivity index (χ4v) is 3.26. The van der Waals surface area contributed by atoms with E-state index in [2.05, 4.69) is 0 Å². The van der Waals surface area contributed by atoms with Gasteiger partial charge < -0.3 is 9.79 Å². The normalized spacial score (nSPS) is 11.4. The van der Waals surface area contributed by atoms with E-state index in [0.29, 0.717) is 11.4 Å². The lowest BCUT2D eigenvalue weighted by Gasteiger charge is -2.27. The van der Waals surface area contributed by atoms with Crippen molar-refractivity contribution in [2.45, 2.75) is 13.8 Å². The number of rotatable bonds is 5. The average Bonchev–Trinajstić information content (AvgIpc) is 2.60. The lowest BCUT2D eigenvalue weighted by Crippen LogP contribution is -2.18. The van der Waals surface area contributed by atoms with Gasteiger partial charge in [-0.3, -0.25) is 0 Å². The molecule has 0 aliphatic heterocycles. The van der Waals surface area contributed by atoms with Crippen molar-refractivity contribution >= 4 is 19.2 Å². The van der Waals surface area contributed by atoms with E-state index in [-0.39, 0.29) is 0 Å². The summed E-state index contributed by atoms with van der Waals surface area (Å²) in [5, 5.41) is 1.22. The van der Waals surface area contributed by atoms with Gasteiger partial charge in [-0.05, 0) is 42.7 Å². The van der Waals surface area contributed by atoms with Gasteiger partial charge in [0.2, 0.25) is 0 Å². The van der Waals surface area contributed by atoms with Crippen LogP contribution in [0.5, 0.6) is 0 Å². The Kier molecular flexibility index (Phi) is 5.25. The second-order valence-electron chi connectivity index (χ2n) is 5.99. The zero-order valence-corrected chi connectivity index (χ0v) is 15.4. The van der Waals surface area contributed by atoms with E-state index in [0.717, 1.165) is 22.3 Å². The van der Waals surface area contributed by atoms with Crippen LogP contribution in [0.2, 0.25) is 0 Å². The van der Waals surface area contributed by atoms with Gasteiger partial charge in [0, 0.05) is 5.56 Å². The minimum absolute atomic E-state index is 0.555. The van der Waals surface area contributed by atoms with Crippen LogP contribution in [0.15, 0.2) is 72.8 Å². The summed E-state index contributed by atoms with van der Waals surface area (Å²) in [4.78, 5) is 18.9. The van der Waals surface area contributed by atoms with Crippen LogP contribution < -0.4 is 5.06 Å². The molecule has 0 amide bonds. The number of hydrogen-bond acceptors (Lipinski definition) is 3. The number of hydrogen-bond donors (Lipinski definition) is 2. The maximum atomic E-state index is 11.6. The van der Waals surface area contributed by atoms with Crippen LogP contribution in [0.25, 0.3) is 11.1 Å². The van der Waals surface area contributed by atoms with Crippen molar-refractivity contribution in [1.29, 1.82) is 0 Å². The number of nitrogens with zero attached hydrogens (tertiary/aromatic N) is 1. The van der Waals surface area contributed by atoms with Gasteiger partial charge in [-0.1, -0.05) is 60.7 Å². The maximum Gasteiger partial charge on any atom is 0.491 e. The fourth-order valence-electron chi connectivity index (χ4n) is 2.87. The number of benzene rings is 3. The molecule has 0 aliphatic carbocycles. The molecule has 2 N–H and O–H groups in total. The van der Waals surface area contributed by atoms with Gasteiger partial charge in [0.15, 0.2) is 0 Å². The molecule has 26 heavy (non-hydrogen) atoms. The molecule has 0 saturated heterocycles. The Balaban J connectivity index is 2.22. The average molecular weight is 369 g/mol. The Labute approximate surface area is 152 Å². The third kappa shape index (κ3) is 4.03. The van der Waals surface area contributed by atoms with E-state index in [1.54, 1.807) is 18.2 Å². The highest BCUT2D eigenvalue weighted by Gasteiger charge is 2.26. The summed E-state index contributed by atoms with van der Waals surface area (Å²) >= 11 is 0. The second-order valence-corrected chi connectivity index (χ2v) is 7.13. The van der Waals surface area contributed by atoms with Crippen molar-refractivity contribution < 1.29 is 19.0 Å². The summed E-state index contributed by atoms with van der Waals surface area (Å²) in [6.45, 7) is 3.86. The Bertz CT molecular complexity index is 967. The monoisotopic (exact) mass is 369 g/mol. The lowest BCUT2D eigenvalue weighted by molar-refractivity contribution is 0.199. The molecule has 0 radical (unpaired) electrons. The smallest absolute Gasteiger partial charge is 0.301 e. The van der Waals surface area contributed by atoms with Crippen molar-refractivity contribution in [3.8, 4) is 11.1 Å². The SMILES string of the molecule is Cc1ccccc1-c1ccccc1N(OP(=O)(O)O)c1ccccc1C. The van der Waals surface area contributed by atoms with Crippen LogP contribution in [0.3, 0.4) is 0 Å². The van der Waals surface area contributed by atoms with Crippen molar-refractivity contribution in [2.75, 3.05) is 5.06 Å². The highest BCUT2D eigenvalue weighted by Crippen LogP contribution is 2.45. The first-order valence-corrected chi connectivity index (χ1v) is 9.66. The third-order valence-electron chi connectivity index (χ3n) is 4.08. The van der Waals surface area contributed by atoms with Crippen molar-refractivity contribution in [2.24, 2.45) is 0 Å². The van der Waals surface area contributed by atoms with Gasteiger partial charge in [0.1, 0.15) is 0 Å². The van der Waals surface area contributed by atoms with Crippen LogP contribution in [-0.2, 0) is 9.19 Å². The molecule has 3 aromatic carbocycles. The molecular weight excluding hydrogens is 349 g/mol. The largest absolute Gasteiger partial charge is 0.491 e. The molecule has 0 unspecified atom stereocenters. The van der Waals surface area contributed by atoms with Gasteiger partial charge in [-0.15, -0.1) is 0 Å². The molecule has 0 atom stereocenters. The molecule has 3 rings (SSSR count). The second kappa shape index (κ2) is 7.44. The van der Waals surface area contributed by atoms with Crippen LogP contribution >= 0.6 is 7.82 Å². The van der Waals surface area contributed by atoms with Gasteiger partial charge >= 0.3 is 7.82 Å². The Morgan fingerprint density at radius 1 is 0.731 bits per heavy atom. The molecule has 134 valence electrons. The first-order valence-electron chi connectivity index (χ1n) is 8.13. The van der Waals surface area contributed by atoms with Crippen molar-refractivity contribution in [3.05, 3.63) is 83.9 Å². The number of phosphoric acid groups is 1. The number of anilines is 2. The minimum Gasteiger partial charge on any atom is -0.301 e. The van der Waals surface area contributed by atoms with Gasteiger partial charge in [-0.2, -0.15) is 4.62 Å². The molecule has 0 bridgehead atoms. The predicted molar refractivity (Wildman–Crippen MR) is 103 cm³/mol. The van der Waals surface area contributed by atoms with E-state index in [1.807, 2.05) is 68.4 Å². The van der Waals surface area contributed by atoms with Gasteiger partial charge in [0.05, 0.1) is 11.4 Å². The number of para-hydroxylation sites is 2. The third-order valence-corrected chi connectivity index (χ3v) is 4.46. The molecule has 0 spiro atoms. The highest BCUT2D eigenvalue weighted by molar-refractivity contribution is 7.46. The molecule has 0 heterocycles. The Hall–Kier alpha value is -2.43. The molecular formula is C20H20NO4P. The van der Waals surface area contributed by atoms with Gasteiger partial charge in [-0.25, -0.2) is 9.63 Å². The Morgan fingerprint density at radius 3 is 1.81 bits per heavy atom. The topological polar surface area (TPSA) is 70.0 Å². The van der Waals surface area contributed by atoms with Crippen molar-refractivity contribution in [3.63, 3.8) is 0 Å². The summed E-state index contributed by atoms with van der Waals surface area (Å²) in [6.07, 6.45) is 0.